The van der Waals surface area contributed by atoms with Gasteiger partial charge < -0.3 is 0 Å². The van der Waals surface area contributed by atoms with Crippen molar-refractivity contribution in [2.45, 2.75) is 37.6 Å². The zero-order chi connectivity index (χ0) is 15.3. The maximum atomic E-state index is 11.9. The SMILES string of the molecule is CC(C#N)S(=O)(=O)NC1CCN(Cc2ccccc2)CC1. The minimum atomic E-state index is -3.52. The van der Waals surface area contributed by atoms with E-state index in [1.807, 2.05) is 18.2 Å². The first-order chi connectivity index (χ1) is 10.0. The molecule has 1 aromatic rings. The Balaban J connectivity index is 1.83. The number of nitrogens with zero attached hydrogens (tertiary/aromatic N) is 2. The van der Waals surface area contributed by atoms with Gasteiger partial charge in [-0.15, -0.1) is 0 Å². The molecule has 114 valence electrons. The molecule has 1 N–H and O–H groups in total. The van der Waals surface area contributed by atoms with E-state index in [-0.39, 0.29) is 6.04 Å². The lowest BCUT2D eigenvalue weighted by Gasteiger charge is -2.32. The van der Waals surface area contributed by atoms with Crippen LogP contribution in [0.1, 0.15) is 25.3 Å². The monoisotopic (exact) mass is 307 g/mol. The van der Waals surface area contributed by atoms with Gasteiger partial charge in [0.15, 0.2) is 5.25 Å². The average Bonchev–Trinajstić information content (AvgIpc) is 2.49. The molecule has 0 saturated carbocycles. The molecule has 1 unspecified atom stereocenters. The molecule has 1 saturated heterocycles. The molecule has 1 atom stereocenters. The number of sulfonamides is 1. The molecule has 1 aliphatic heterocycles. The predicted octanol–water partition coefficient (Wildman–Crippen LogP) is 1.48. The number of likely N-dealkylation sites (tertiary alicyclic amines) is 1. The fraction of sp³-hybridized carbons (Fsp3) is 0.533. The van der Waals surface area contributed by atoms with E-state index >= 15 is 0 Å². The molecule has 0 amide bonds. The molecule has 21 heavy (non-hydrogen) atoms. The predicted molar refractivity (Wildman–Crippen MR) is 81.9 cm³/mol. The topological polar surface area (TPSA) is 73.2 Å². The summed E-state index contributed by atoms with van der Waals surface area (Å²) in [6.07, 6.45) is 1.56. The van der Waals surface area contributed by atoms with Crippen molar-refractivity contribution in [3.05, 3.63) is 35.9 Å². The number of benzene rings is 1. The highest BCUT2D eigenvalue weighted by Crippen LogP contribution is 2.15. The number of piperidine rings is 1. The number of hydrogen-bond acceptors (Lipinski definition) is 4. The van der Waals surface area contributed by atoms with E-state index < -0.39 is 15.3 Å². The fourth-order valence-electron chi connectivity index (χ4n) is 2.45. The quantitative estimate of drug-likeness (QED) is 0.894. The first kappa shape index (κ1) is 16.0. The summed E-state index contributed by atoms with van der Waals surface area (Å²) in [4.78, 5) is 2.33. The Morgan fingerprint density at radius 1 is 1.33 bits per heavy atom. The second-order valence-corrected chi connectivity index (χ2v) is 7.50. The van der Waals surface area contributed by atoms with Crippen molar-refractivity contribution in [2.24, 2.45) is 0 Å². The number of nitrogens with one attached hydrogen (secondary N) is 1. The van der Waals surface area contributed by atoms with Gasteiger partial charge in [0.1, 0.15) is 0 Å². The van der Waals surface area contributed by atoms with E-state index in [4.69, 9.17) is 5.26 Å². The van der Waals surface area contributed by atoms with Crippen LogP contribution in [0.3, 0.4) is 0 Å². The van der Waals surface area contributed by atoms with Gasteiger partial charge in [0, 0.05) is 25.7 Å². The third-order valence-corrected chi connectivity index (χ3v) is 5.51. The third-order valence-electron chi connectivity index (χ3n) is 3.81. The van der Waals surface area contributed by atoms with Crippen molar-refractivity contribution in [3.63, 3.8) is 0 Å². The number of nitriles is 1. The fourth-order valence-corrected chi connectivity index (χ4v) is 3.50. The molecule has 0 bridgehead atoms. The molecule has 0 radical (unpaired) electrons. The molecule has 2 rings (SSSR count). The molecule has 1 fully saturated rings. The van der Waals surface area contributed by atoms with Gasteiger partial charge in [0.2, 0.25) is 10.0 Å². The zero-order valence-electron chi connectivity index (χ0n) is 12.2. The Morgan fingerprint density at radius 2 is 1.95 bits per heavy atom. The van der Waals surface area contributed by atoms with Crippen molar-refractivity contribution in [2.75, 3.05) is 13.1 Å². The molecule has 1 aromatic carbocycles. The van der Waals surface area contributed by atoms with Gasteiger partial charge in [0.05, 0.1) is 6.07 Å². The minimum absolute atomic E-state index is 0.0576. The summed E-state index contributed by atoms with van der Waals surface area (Å²) >= 11 is 0. The standard InChI is InChI=1S/C15H21N3O2S/c1-13(11-16)21(19,20)17-15-7-9-18(10-8-15)12-14-5-3-2-4-6-14/h2-6,13,15,17H,7-10,12H2,1H3. The van der Waals surface area contributed by atoms with Crippen LogP contribution in [0.25, 0.3) is 0 Å². The Bertz CT molecular complexity index is 587. The molecule has 0 aliphatic carbocycles. The van der Waals surface area contributed by atoms with Gasteiger partial charge in [0.25, 0.3) is 0 Å². The second kappa shape index (κ2) is 7.03. The van der Waals surface area contributed by atoms with Gasteiger partial charge in [-0.1, -0.05) is 30.3 Å². The van der Waals surface area contributed by atoms with E-state index in [0.717, 1.165) is 32.5 Å². The van der Waals surface area contributed by atoms with Crippen molar-refractivity contribution < 1.29 is 8.42 Å². The van der Waals surface area contributed by atoms with Crippen molar-refractivity contribution in [1.29, 1.82) is 5.26 Å². The summed E-state index contributed by atoms with van der Waals surface area (Å²) in [7, 11) is -3.52. The van der Waals surface area contributed by atoms with Crippen molar-refractivity contribution >= 4 is 10.0 Å². The van der Waals surface area contributed by atoms with Gasteiger partial charge >= 0.3 is 0 Å². The lowest BCUT2D eigenvalue weighted by atomic mass is 10.1. The zero-order valence-corrected chi connectivity index (χ0v) is 13.0. The van der Waals surface area contributed by atoms with Gasteiger partial charge in [-0.25, -0.2) is 13.1 Å². The van der Waals surface area contributed by atoms with Crippen LogP contribution in [0.4, 0.5) is 0 Å². The van der Waals surface area contributed by atoms with E-state index in [1.54, 1.807) is 6.07 Å². The number of hydrogen-bond donors (Lipinski definition) is 1. The second-order valence-electron chi connectivity index (χ2n) is 5.47. The van der Waals surface area contributed by atoms with E-state index in [0.29, 0.717) is 0 Å². The molecule has 1 aliphatic rings. The summed E-state index contributed by atoms with van der Waals surface area (Å²) in [5.41, 5.74) is 1.27. The van der Waals surface area contributed by atoms with Crippen LogP contribution in [0.2, 0.25) is 0 Å². The minimum Gasteiger partial charge on any atom is -0.299 e. The third kappa shape index (κ3) is 4.53. The summed E-state index contributed by atoms with van der Waals surface area (Å²) in [6.45, 7) is 4.04. The molecule has 0 aromatic heterocycles. The molecular formula is C15H21N3O2S. The van der Waals surface area contributed by atoms with Gasteiger partial charge in [-0.05, 0) is 25.3 Å². The van der Waals surface area contributed by atoms with Crippen molar-refractivity contribution in [3.8, 4) is 6.07 Å². The molecule has 0 spiro atoms. The van der Waals surface area contributed by atoms with Crippen LogP contribution in [-0.2, 0) is 16.6 Å². The Labute approximate surface area is 126 Å². The van der Waals surface area contributed by atoms with Crippen LogP contribution >= 0.6 is 0 Å². The molecule has 5 nitrogen and oxygen atoms in total. The van der Waals surface area contributed by atoms with Gasteiger partial charge in [-0.3, -0.25) is 4.90 Å². The highest BCUT2D eigenvalue weighted by molar-refractivity contribution is 7.90. The van der Waals surface area contributed by atoms with Crippen LogP contribution < -0.4 is 4.72 Å². The summed E-state index contributed by atoms with van der Waals surface area (Å²) in [5, 5.41) is 7.73. The van der Waals surface area contributed by atoms with Crippen LogP contribution in [-0.4, -0.2) is 37.7 Å². The largest absolute Gasteiger partial charge is 0.299 e. The maximum Gasteiger partial charge on any atom is 0.227 e. The molecule has 1 heterocycles. The average molecular weight is 307 g/mol. The first-order valence-electron chi connectivity index (χ1n) is 7.18. The van der Waals surface area contributed by atoms with Crippen LogP contribution in [0.15, 0.2) is 30.3 Å². The summed E-state index contributed by atoms with van der Waals surface area (Å²) in [5.74, 6) is 0. The first-order valence-corrected chi connectivity index (χ1v) is 8.73. The number of rotatable bonds is 5. The van der Waals surface area contributed by atoms with Gasteiger partial charge in [-0.2, -0.15) is 5.26 Å². The van der Waals surface area contributed by atoms with Crippen LogP contribution in [0, 0.1) is 11.3 Å². The highest BCUT2D eigenvalue weighted by atomic mass is 32.2. The van der Waals surface area contributed by atoms with E-state index in [2.05, 4.69) is 21.8 Å². The lowest BCUT2D eigenvalue weighted by molar-refractivity contribution is 0.200. The summed E-state index contributed by atoms with van der Waals surface area (Å²) < 4.78 is 26.4. The lowest BCUT2D eigenvalue weighted by Crippen LogP contribution is -2.46. The Hall–Kier alpha value is -1.42. The summed E-state index contributed by atoms with van der Waals surface area (Å²) in [6, 6.07) is 12.0. The van der Waals surface area contributed by atoms with Crippen molar-refractivity contribution in [1.82, 2.24) is 9.62 Å². The molecule has 6 heteroatoms. The van der Waals surface area contributed by atoms with Crippen LogP contribution in [0.5, 0.6) is 0 Å². The molecular weight excluding hydrogens is 286 g/mol. The van der Waals surface area contributed by atoms with E-state index in [9.17, 15) is 8.42 Å². The maximum absolute atomic E-state index is 11.9. The highest BCUT2D eigenvalue weighted by Gasteiger charge is 2.27. The smallest absolute Gasteiger partial charge is 0.227 e. The van der Waals surface area contributed by atoms with E-state index in [1.165, 1.54) is 12.5 Å². The Kier molecular flexibility index (Phi) is 5.34. The normalized spacial score (nSPS) is 19.0. The Morgan fingerprint density at radius 3 is 2.52 bits per heavy atom.